The molecule has 0 aliphatic carbocycles. The highest BCUT2D eigenvalue weighted by atomic mass is 19.1. The van der Waals surface area contributed by atoms with Gasteiger partial charge in [0.2, 0.25) is 0 Å². The van der Waals surface area contributed by atoms with Crippen LogP contribution in [0.2, 0.25) is 0 Å². The number of nitrogens with one attached hydrogen (secondary N) is 2. The van der Waals surface area contributed by atoms with E-state index in [1.807, 2.05) is 6.07 Å². The standard InChI is InChI=1S/C14H16FN3/c15-12-2-1-11-4-6-17-14(13(11)7-12)18-9-10-3-5-16-8-10/h1-2,4,6-7,10,16H,3,5,8-9H2,(H,17,18). The Labute approximate surface area is 105 Å². The Morgan fingerprint density at radius 1 is 1.39 bits per heavy atom. The highest BCUT2D eigenvalue weighted by Crippen LogP contribution is 2.22. The fraction of sp³-hybridized carbons (Fsp3) is 0.357. The van der Waals surface area contributed by atoms with Crippen molar-refractivity contribution in [2.24, 2.45) is 5.92 Å². The van der Waals surface area contributed by atoms with Crippen molar-refractivity contribution in [3.8, 4) is 0 Å². The SMILES string of the molecule is Fc1ccc2ccnc(NCC3CCNC3)c2c1. The summed E-state index contributed by atoms with van der Waals surface area (Å²) < 4.78 is 13.3. The molecule has 1 aliphatic heterocycles. The Morgan fingerprint density at radius 2 is 2.33 bits per heavy atom. The summed E-state index contributed by atoms with van der Waals surface area (Å²) in [7, 11) is 0. The lowest BCUT2D eigenvalue weighted by Gasteiger charge is -2.12. The molecule has 1 aromatic heterocycles. The van der Waals surface area contributed by atoms with Crippen LogP contribution < -0.4 is 10.6 Å². The molecule has 0 radical (unpaired) electrons. The first kappa shape index (κ1) is 11.4. The van der Waals surface area contributed by atoms with Gasteiger partial charge >= 0.3 is 0 Å². The van der Waals surface area contributed by atoms with Crippen LogP contribution in [0, 0.1) is 11.7 Å². The molecule has 0 spiro atoms. The zero-order valence-electron chi connectivity index (χ0n) is 10.1. The van der Waals surface area contributed by atoms with Gasteiger partial charge in [0, 0.05) is 18.1 Å². The van der Waals surface area contributed by atoms with Crippen LogP contribution in [0.3, 0.4) is 0 Å². The number of fused-ring (bicyclic) bond motifs is 1. The maximum absolute atomic E-state index is 13.3. The van der Waals surface area contributed by atoms with Gasteiger partial charge < -0.3 is 10.6 Å². The topological polar surface area (TPSA) is 37.0 Å². The van der Waals surface area contributed by atoms with Crippen LogP contribution >= 0.6 is 0 Å². The van der Waals surface area contributed by atoms with Crippen LogP contribution in [-0.4, -0.2) is 24.6 Å². The molecule has 2 N–H and O–H groups in total. The van der Waals surface area contributed by atoms with Gasteiger partial charge in [-0.3, -0.25) is 0 Å². The van der Waals surface area contributed by atoms with Gasteiger partial charge in [0.05, 0.1) is 0 Å². The number of pyridine rings is 1. The predicted molar refractivity (Wildman–Crippen MR) is 71.2 cm³/mol. The molecular formula is C14H16FN3. The summed E-state index contributed by atoms with van der Waals surface area (Å²) >= 11 is 0. The van der Waals surface area contributed by atoms with Gasteiger partial charge in [-0.05, 0) is 49.0 Å². The summed E-state index contributed by atoms with van der Waals surface area (Å²) in [4.78, 5) is 4.31. The monoisotopic (exact) mass is 245 g/mol. The molecule has 4 heteroatoms. The Kier molecular flexibility index (Phi) is 3.11. The van der Waals surface area contributed by atoms with Gasteiger partial charge in [-0.15, -0.1) is 0 Å². The number of hydrogen-bond acceptors (Lipinski definition) is 3. The van der Waals surface area contributed by atoms with Gasteiger partial charge in [0.15, 0.2) is 0 Å². The number of nitrogens with zero attached hydrogens (tertiary/aromatic N) is 1. The molecule has 1 aromatic carbocycles. The van der Waals surface area contributed by atoms with Crippen molar-refractivity contribution in [3.05, 3.63) is 36.3 Å². The molecule has 1 aliphatic rings. The van der Waals surface area contributed by atoms with Crippen molar-refractivity contribution in [2.45, 2.75) is 6.42 Å². The van der Waals surface area contributed by atoms with E-state index in [0.717, 1.165) is 36.2 Å². The van der Waals surface area contributed by atoms with Crippen LogP contribution in [-0.2, 0) is 0 Å². The lowest BCUT2D eigenvalue weighted by Crippen LogP contribution is -2.17. The molecule has 1 fully saturated rings. The molecule has 1 saturated heterocycles. The maximum Gasteiger partial charge on any atom is 0.133 e. The van der Waals surface area contributed by atoms with Gasteiger partial charge in [-0.2, -0.15) is 0 Å². The van der Waals surface area contributed by atoms with Crippen molar-refractivity contribution < 1.29 is 4.39 Å². The highest BCUT2D eigenvalue weighted by Gasteiger charge is 2.14. The molecule has 1 unspecified atom stereocenters. The van der Waals surface area contributed by atoms with E-state index < -0.39 is 0 Å². The number of halogens is 1. The van der Waals surface area contributed by atoms with E-state index in [4.69, 9.17) is 0 Å². The minimum absolute atomic E-state index is 0.221. The van der Waals surface area contributed by atoms with Crippen molar-refractivity contribution in [1.29, 1.82) is 0 Å². The summed E-state index contributed by atoms with van der Waals surface area (Å²) in [5.74, 6) is 1.19. The van der Waals surface area contributed by atoms with E-state index in [1.54, 1.807) is 12.3 Å². The number of aromatic nitrogens is 1. The van der Waals surface area contributed by atoms with Gasteiger partial charge in [-0.1, -0.05) is 6.07 Å². The summed E-state index contributed by atoms with van der Waals surface area (Å²) in [6.45, 7) is 3.02. The maximum atomic E-state index is 13.3. The van der Waals surface area contributed by atoms with E-state index in [2.05, 4.69) is 15.6 Å². The highest BCUT2D eigenvalue weighted by molar-refractivity contribution is 5.91. The second kappa shape index (κ2) is 4.90. The first-order valence-electron chi connectivity index (χ1n) is 6.32. The lowest BCUT2D eigenvalue weighted by atomic mass is 10.1. The molecule has 3 rings (SSSR count). The minimum Gasteiger partial charge on any atom is -0.369 e. The molecule has 0 saturated carbocycles. The molecule has 3 nitrogen and oxygen atoms in total. The second-order valence-corrected chi connectivity index (χ2v) is 4.76. The number of rotatable bonds is 3. The van der Waals surface area contributed by atoms with E-state index in [0.29, 0.717) is 5.92 Å². The number of hydrogen-bond donors (Lipinski definition) is 2. The summed E-state index contributed by atoms with van der Waals surface area (Å²) in [6.07, 6.45) is 2.95. The molecule has 2 aromatic rings. The van der Waals surface area contributed by atoms with Crippen LogP contribution in [0.25, 0.3) is 10.8 Å². The molecule has 2 heterocycles. The van der Waals surface area contributed by atoms with Crippen LogP contribution in [0.15, 0.2) is 30.5 Å². The van der Waals surface area contributed by atoms with Gasteiger partial charge in [0.25, 0.3) is 0 Å². The van der Waals surface area contributed by atoms with Gasteiger partial charge in [-0.25, -0.2) is 9.37 Å². The smallest absolute Gasteiger partial charge is 0.133 e. The largest absolute Gasteiger partial charge is 0.369 e. The minimum atomic E-state index is -0.221. The summed E-state index contributed by atoms with van der Waals surface area (Å²) in [5, 5.41) is 8.54. The first-order valence-corrected chi connectivity index (χ1v) is 6.32. The zero-order valence-corrected chi connectivity index (χ0v) is 10.1. The predicted octanol–water partition coefficient (Wildman–Crippen LogP) is 2.40. The third kappa shape index (κ3) is 2.29. The molecule has 18 heavy (non-hydrogen) atoms. The average Bonchev–Trinajstić information content (AvgIpc) is 2.89. The van der Waals surface area contributed by atoms with Crippen molar-refractivity contribution in [3.63, 3.8) is 0 Å². The molecule has 0 amide bonds. The molecule has 0 bridgehead atoms. The molecular weight excluding hydrogens is 229 g/mol. The quantitative estimate of drug-likeness (QED) is 0.872. The Bertz CT molecular complexity index is 550. The second-order valence-electron chi connectivity index (χ2n) is 4.76. The molecule has 1 atom stereocenters. The van der Waals surface area contributed by atoms with E-state index >= 15 is 0 Å². The summed E-state index contributed by atoms with van der Waals surface area (Å²) in [6, 6.07) is 6.70. The van der Waals surface area contributed by atoms with E-state index in [1.165, 1.54) is 18.6 Å². The molecule has 94 valence electrons. The first-order chi connectivity index (χ1) is 8.83. The number of benzene rings is 1. The Hall–Kier alpha value is -1.68. The Morgan fingerprint density at radius 3 is 3.17 bits per heavy atom. The zero-order chi connectivity index (χ0) is 12.4. The Balaban J connectivity index is 1.84. The van der Waals surface area contributed by atoms with Crippen molar-refractivity contribution >= 4 is 16.6 Å². The fourth-order valence-corrected chi connectivity index (χ4v) is 2.41. The van der Waals surface area contributed by atoms with Gasteiger partial charge in [0.1, 0.15) is 11.6 Å². The summed E-state index contributed by atoms with van der Waals surface area (Å²) in [5.41, 5.74) is 0. The lowest BCUT2D eigenvalue weighted by molar-refractivity contribution is 0.614. The van der Waals surface area contributed by atoms with E-state index in [9.17, 15) is 4.39 Å². The average molecular weight is 245 g/mol. The third-order valence-electron chi connectivity index (χ3n) is 3.45. The fourth-order valence-electron chi connectivity index (χ4n) is 2.41. The van der Waals surface area contributed by atoms with Crippen LogP contribution in [0.4, 0.5) is 10.2 Å². The van der Waals surface area contributed by atoms with Crippen LogP contribution in [0.5, 0.6) is 0 Å². The van der Waals surface area contributed by atoms with Crippen LogP contribution in [0.1, 0.15) is 6.42 Å². The normalized spacial score (nSPS) is 19.3. The van der Waals surface area contributed by atoms with Crippen molar-refractivity contribution in [1.82, 2.24) is 10.3 Å². The third-order valence-corrected chi connectivity index (χ3v) is 3.45. The van der Waals surface area contributed by atoms with E-state index in [-0.39, 0.29) is 5.82 Å². The number of anilines is 1. The van der Waals surface area contributed by atoms with Crippen molar-refractivity contribution in [2.75, 3.05) is 25.0 Å².